The van der Waals surface area contributed by atoms with Crippen molar-refractivity contribution < 1.29 is 9.32 Å². The van der Waals surface area contributed by atoms with Crippen LogP contribution in [-0.2, 0) is 0 Å². The van der Waals surface area contributed by atoms with E-state index in [1.165, 1.54) is 17.7 Å². The summed E-state index contributed by atoms with van der Waals surface area (Å²) in [5.74, 6) is 1.10. The molecule has 2 aromatic heterocycles. The van der Waals surface area contributed by atoms with E-state index in [0.717, 1.165) is 13.1 Å². The summed E-state index contributed by atoms with van der Waals surface area (Å²) in [6.45, 7) is 4.56. The Balaban J connectivity index is 1.57. The van der Waals surface area contributed by atoms with Gasteiger partial charge in [0.1, 0.15) is 5.76 Å². The molecule has 118 valence electrons. The lowest BCUT2D eigenvalue weighted by molar-refractivity contribution is 0.229. The Morgan fingerprint density at radius 3 is 2.95 bits per heavy atom. The molecule has 2 aromatic rings. The zero-order chi connectivity index (χ0) is 15.4. The minimum atomic E-state index is -0.256. The number of nitrogens with zero attached hydrogens (tertiary/aromatic N) is 2. The molecule has 6 nitrogen and oxygen atoms in total. The fourth-order valence-electron chi connectivity index (χ4n) is 2.72. The minimum absolute atomic E-state index is 0.243. The number of carbonyl (C=O) groups excluding carboxylic acids is 1. The molecule has 0 aliphatic carbocycles. The van der Waals surface area contributed by atoms with Crippen LogP contribution in [0.3, 0.4) is 0 Å². The summed E-state index contributed by atoms with van der Waals surface area (Å²) >= 11 is 1.74. The van der Waals surface area contributed by atoms with Crippen molar-refractivity contribution in [2.24, 2.45) is 0 Å². The second-order valence-corrected chi connectivity index (χ2v) is 6.41. The van der Waals surface area contributed by atoms with Crippen LogP contribution in [0, 0.1) is 6.92 Å². The number of hydrogen-bond acceptors (Lipinski definition) is 5. The van der Waals surface area contributed by atoms with Gasteiger partial charge in [0.2, 0.25) is 0 Å². The van der Waals surface area contributed by atoms with E-state index in [-0.39, 0.29) is 12.1 Å². The Bertz CT molecular complexity index is 605. The highest BCUT2D eigenvalue weighted by atomic mass is 32.1. The summed E-state index contributed by atoms with van der Waals surface area (Å²) in [5.41, 5.74) is 0. The largest absolute Gasteiger partial charge is 0.360 e. The summed E-state index contributed by atoms with van der Waals surface area (Å²) in [6, 6.07) is 5.87. The molecule has 0 bridgehead atoms. The van der Waals surface area contributed by atoms with E-state index in [0.29, 0.717) is 18.1 Å². The van der Waals surface area contributed by atoms with Gasteiger partial charge in [0.05, 0.1) is 6.04 Å². The quantitative estimate of drug-likeness (QED) is 0.888. The summed E-state index contributed by atoms with van der Waals surface area (Å²) in [5, 5.41) is 11.5. The molecule has 1 atom stereocenters. The van der Waals surface area contributed by atoms with E-state index < -0.39 is 0 Å². The van der Waals surface area contributed by atoms with E-state index >= 15 is 0 Å². The van der Waals surface area contributed by atoms with Crippen molar-refractivity contribution >= 4 is 23.2 Å². The first kappa shape index (κ1) is 15.1. The van der Waals surface area contributed by atoms with E-state index in [2.05, 4.69) is 38.2 Å². The maximum Gasteiger partial charge on any atom is 0.320 e. The van der Waals surface area contributed by atoms with Crippen molar-refractivity contribution in [1.29, 1.82) is 0 Å². The number of carbonyl (C=O) groups is 1. The topological polar surface area (TPSA) is 70.4 Å². The maximum atomic E-state index is 12.0. The number of aryl methyl sites for hydroxylation is 1. The van der Waals surface area contributed by atoms with Gasteiger partial charge in [-0.3, -0.25) is 10.2 Å². The molecule has 1 saturated heterocycles. The van der Waals surface area contributed by atoms with Crippen LogP contribution in [0.2, 0.25) is 0 Å². The monoisotopic (exact) mass is 320 g/mol. The third-order valence-corrected chi connectivity index (χ3v) is 4.75. The zero-order valence-corrected chi connectivity index (χ0v) is 13.4. The first-order chi connectivity index (χ1) is 10.7. The van der Waals surface area contributed by atoms with Crippen molar-refractivity contribution in [3.63, 3.8) is 0 Å². The first-order valence-electron chi connectivity index (χ1n) is 7.48. The van der Waals surface area contributed by atoms with E-state index in [1.54, 1.807) is 24.3 Å². The predicted molar refractivity (Wildman–Crippen MR) is 86.1 cm³/mol. The van der Waals surface area contributed by atoms with Crippen molar-refractivity contribution in [2.45, 2.75) is 25.8 Å². The van der Waals surface area contributed by atoms with Crippen LogP contribution in [0.15, 0.2) is 28.1 Å². The second kappa shape index (κ2) is 6.93. The molecule has 22 heavy (non-hydrogen) atoms. The van der Waals surface area contributed by atoms with Crippen LogP contribution < -0.4 is 10.6 Å². The lowest BCUT2D eigenvalue weighted by Crippen LogP contribution is -2.38. The normalized spacial score (nSPS) is 16.6. The fraction of sp³-hybridized carbons (Fsp3) is 0.467. The van der Waals surface area contributed by atoms with Crippen LogP contribution >= 0.6 is 11.3 Å². The highest BCUT2D eigenvalue weighted by Crippen LogP contribution is 2.27. The molecule has 2 N–H and O–H groups in total. The number of nitrogens with one attached hydrogen (secondary N) is 2. The van der Waals surface area contributed by atoms with Gasteiger partial charge in [-0.1, -0.05) is 11.2 Å². The molecule has 3 heterocycles. The number of urea groups is 1. The number of hydrogen-bond donors (Lipinski definition) is 2. The van der Waals surface area contributed by atoms with Crippen molar-refractivity contribution in [3.05, 3.63) is 34.2 Å². The molecule has 0 saturated carbocycles. The highest BCUT2D eigenvalue weighted by Gasteiger charge is 2.24. The van der Waals surface area contributed by atoms with Crippen LogP contribution in [0.1, 0.15) is 29.5 Å². The third kappa shape index (κ3) is 3.66. The number of amides is 2. The van der Waals surface area contributed by atoms with Crippen LogP contribution in [0.4, 0.5) is 10.6 Å². The lowest BCUT2D eigenvalue weighted by Gasteiger charge is -2.26. The first-order valence-corrected chi connectivity index (χ1v) is 8.36. The molecule has 7 heteroatoms. The Hall–Kier alpha value is -1.86. The fourth-order valence-corrected chi connectivity index (χ4v) is 3.58. The summed E-state index contributed by atoms with van der Waals surface area (Å²) in [6.07, 6.45) is 2.46. The van der Waals surface area contributed by atoms with Crippen molar-refractivity contribution in [1.82, 2.24) is 15.4 Å². The third-order valence-electron chi connectivity index (χ3n) is 3.78. The number of rotatable bonds is 5. The average Bonchev–Trinajstić information content (AvgIpc) is 3.22. The van der Waals surface area contributed by atoms with E-state index in [9.17, 15) is 4.79 Å². The Morgan fingerprint density at radius 1 is 1.50 bits per heavy atom. The zero-order valence-electron chi connectivity index (χ0n) is 12.5. The van der Waals surface area contributed by atoms with Gasteiger partial charge in [0.25, 0.3) is 0 Å². The maximum absolute atomic E-state index is 12.0. The Kier molecular flexibility index (Phi) is 4.74. The van der Waals surface area contributed by atoms with Crippen molar-refractivity contribution in [3.8, 4) is 0 Å². The molecule has 0 aromatic carbocycles. The molecule has 2 amide bonds. The molecule has 1 aliphatic heterocycles. The number of likely N-dealkylation sites (tertiary alicyclic amines) is 1. The van der Waals surface area contributed by atoms with Crippen molar-refractivity contribution in [2.75, 3.05) is 25.0 Å². The Labute approximate surface area is 133 Å². The molecular weight excluding hydrogens is 300 g/mol. The van der Waals surface area contributed by atoms with Gasteiger partial charge >= 0.3 is 6.03 Å². The van der Waals surface area contributed by atoms with Gasteiger partial charge < -0.3 is 9.84 Å². The van der Waals surface area contributed by atoms with Crippen LogP contribution in [0.5, 0.6) is 0 Å². The van der Waals surface area contributed by atoms with Gasteiger partial charge in [-0.2, -0.15) is 0 Å². The number of thiophene rings is 1. The SMILES string of the molecule is Cc1cc(NC(=O)NC[C@H](c2cccs2)N2CCCC2)no1. The van der Waals surface area contributed by atoms with Gasteiger partial charge in [-0.15, -0.1) is 11.3 Å². The van der Waals surface area contributed by atoms with Gasteiger partial charge in [0.15, 0.2) is 5.82 Å². The number of aromatic nitrogens is 1. The minimum Gasteiger partial charge on any atom is -0.360 e. The molecule has 1 fully saturated rings. The smallest absolute Gasteiger partial charge is 0.320 e. The lowest BCUT2D eigenvalue weighted by atomic mass is 10.2. The average molecular weight is 320 g/mol. The molecular formula is C15H20N4O2S. The summed E-state index contributed by atoms with van der Waals surface area (Å²) < 4.78 is 4.93. The van der Waals surface area contributed by atoms with Gasteiger partial charge in [-0.25, -0.2) is 4.79 Å². The second-order valence-electron chi connectivity index (χ2n) is 5.43. The molecule has 0 radical (unpaired) electrons. The predicted octanol–water partition coefficient (Wildman–Crippen LogP) is 3.00. The van der Waals surface area contributed by atoms with Crippen LogP contribution in [0.25, 0.3) is 0 Å². The summed E-state index contributed by atoms with van der Waals surface area (Å²) in [7, 11) is 0. The number of anilines is 1. The van der Waals surface area contributed by atoms with Gasteiger partial charge in [0, 0.05) is 17.5 Å². The van der Waals surface area contributed by atoms with E-state index in [1.807, 2.05) is 0 Å². The molecule has 0 spiro atoms. The summed E-state index contributed by atoms with van der Waals surface area (Å²) in [4.78, 5) is 15.7. The highest BCUT2D eigenvalue weighted by molar-refractivity contribution is 7.10. The molecule has 0 unspecified atom stereocenters. The Morgan fingerprint density at radius 2 is 2.32 bits per heavy atom. The van der Waals surface area contributed by atoms with Gasteiger partial charge in [-0.05, 0) is 44.3 Å². The standard InChI is InChI=1S/C15H20N4O2S/c1-11-9-14(18-21-11)17-15(20)16-10-12(13-5-4-8-22-13)19-6-2-3-7-19/h4-5,8-9,12H,2-3,6-7,10H2,1H3,(H2,16,17,18,20)/t12-/m1/s1. The van der Waals surface area contributed by atoms with Crippen LogP contribution in [-0.4, -0.2) is 35.7 Å². The van der Waals surface area contributed by atoms with E-state index in [4.69, 9.17) is 4.52 Å². The molecule has 1 aliphatic rings. The molecule has 3 rings (SSSR count).